The van der Waals surface area contributed by atoms with E-state index in [9.17, 15) is 9.18 Å². The van der Waals surface area contributed by atoms with Gasteiger partial charge in [-0.2, -0.15) is 0 Å². The van der Waals surface area contributed by atoms with E-state index in [0.29, 0.717) is 17.9 Å². The largest absolute Gasteiger partial charge is 0.294 e. The van der Waals surface area contributed by atoms with Gasteiger partial charge in [-0.1, -0.05) is 45.6 Å². The fourth-order valence-corrected chi connectivity index (χ4v) is 2.21. The lowest BCUT2D eigenvalue weighted by atomic mass is 9.90. The summed E-state index contributed by atoms with van der Waals surface area (Å²) in [5.41, 5.74) is 1.41. The molecule has 0 aliphatic heterocycles. The molecule has 0 radical (unpaired) electrons. The molecule has 1 aromatic rings. The summed E-state index contributed by atoms with van der Waals surface area (Å²) in [4.78, 5) is 12.2. The van der Waals surface area contributed by atoms with Crippen LogP contribution in [0.3, 0.4) is 0 Å². The summed E-state index contributed by atoms with van der Waals surface area (Å²) in [5, 5.41) is 0. The van der Waals surface area contributed by atoms with Crippen LogP contribution in [0.15, 0.2) is 18.2 Å². The lowest BCUT2D eigenvalue weighted by Crippen LogP contribution is -2.10. The van der Waals surface area contributed by atoms with Crippen LogP contribution in [0, 0.1) is 18.7 Å². The maximum atomic E-state index is 13.2. The molecule has 0 saturated carbocycles. The minimum atomic E-state index is -0.328. The van der Waals surface area contributed by atoms with Crippen molar-refractivity contribution in [3.05, 3.63) is 35.1 Å². The number of benzene rings is 1. The minimum Gasteiger partial charge on any atom is -0.294 e. The number of Topliss-reactive ketones (excluding diaryl/α,β-unsaturated/α-hetero) is 1. The normalized spacial score (nSPS) is 12.4. The number of carbonyl (C=O) groups is 1. The highest BCUT2D eigenvalue weighted by Gasteiger charge is 2.15. The predicted molar refractivity (Wildman–Crippen MR) is 73.4 cm³/mol. The maximum absolute atomic E-state index is 13.2. The topological polar surface area (TPSA) is 17.1 Å². The van der Waals surface area contributed by atoms with E-state index >= 15 is 0 Å². The zero-order valence-corrected chi connectivity index (χ0v) is 11.6. The Bertz CT molecular complexity index is 398. The smallest absolute Gasteiger partial charge is 0.163 e. The first-order chi connectivity index (χ1) is 8.58. The van der Waals surface area contributed by atoms with E-state index in [0.717, 1.165) is 31.2 Å². The van der Waals surface area contributed by atoms with Gasteiger partial charge in [0.2, 0.25) is 0 Å². The van der Waals surface area contributed by atoms with E-state index in [2.05, 4.69) is 13.8 Å². The molecule has 0 spiro atoms. The van der Waals surface area contributed by atoms with Crippen molar-refractivity contribution in [2.24, 2.45) is 5.92 Å². The number of aryl methyl sites for hydroxylation is 1. The molecule has 0 aliphatic rings. The fraction of sp³-hybridized carbons (Fsp3) is 0.562. The molecule has 0 amide bonds. The zero-order valence-electron chi connectivity index (χ0n) is 11.6. The van der Waals surface area contributed by atoms with E-state index in [4.69, 9.17) is 0 Å². The second kappa shape index (κ2) is 7.30. The molecule has 0 heterocycles. The monoisotopic (exact) mass is 250 g/mol. The Morgan fingerprint density at radius 1 is 1.33 bits per heavy atom. The molecule has 0 aliphatic carbocycles. The number of hydrogen-bond donors (Lipinski definition) is 0. The number of rotatable bonds is 7. The summed E-state index contributed by atoms with van der Waals surface area (Å²) in [7, 11) is 0. The van der Waals surface area contributed by atoms with E-state index < -0.39 is 0 Å². The molecular formula is C16H23FO. The van der Waals surface area contributed by atoms with Crippen molar-refractivity contribution in [2.45, 2.75) is 52.9 Å². The lowest BCUT2D eigenvalue weighted by molar-refractivity contribution is 0.0956. The first-order valence-corrected chi connectivity index (χ1v) is 6.87. The van der Waals surface area contributed by atoms with Crippen LogP contribution in [-0.4, -0.2) is 5.78 Å². The van der Waals surface area contributed by atoms with Gasteiger partial charge in [-0.05, 0) is 30.5 Å². The number of carbonyl (C=O) groups excluding carboxylic acids is 1. The Kier molecular flexibility index (Phi) is 6.03. The summed E-state index contributed by atoms with van der Waals surface area (Å²) >= 11 is 0. The van der Waals surface area contributed by atoms with Crippen molar-refractivity contribution in [1.82, 2.24) is 0 Å². The summed E-state index contributed by atoms with van der Waals surface area (Å²) in [6, 6.07) is 4.44. The second-order valence-corrected chi connectivity index (χ2v) is 5.00. The van der Waals surface area contributed by atoms with Crippen LogP contribution in [-0.2, 0) is 0 Å². The minimum absolute atomic E-state index is 0.0787. The highest BCUT2D eigenvalue weighted by molar-refractivity contribution is 5.97. The molecule has 1 unspecified atom stereocenters. The number of unbranched alkanes of at least 4 members (excludes halogenated alkanes) is 1. The molecule has 18 heavy (non-hydrogen) atoms. The molecule has 1 rings (SSSR count). The van der Waals surface area contributed by atoms with Crippen LogP contribution < -0.4 is 0 Å². The van der Waals surface area contributed by atoms with Crippen LogP contribution in [0.25, 0.3) is 0 Å². The first kappa shape index (κ1) is 14.9. The van der Waals surface area contributed by atoms with Gasteiger partial charge >= 0.3 is 0 Å². The van der Waals surface area contributed by atoms with Crippen molar-refractivity contribution in [3.63, 3.8) is 0 Å². The predicted octanol–water partition coefficient (Wildman–Crippen LogP) is 4.92. The van der Waals surface area contributed by atoms with Gasteiger partial charge in [0.25, 0.3) is 0 Å². The van der Waals surface area contributed by atoms with Crippen molar-refractivity contribution in [1.29, 1.82) is 0 Å². The van der Waals surface area contributed by atoms with Gasteiger partial charge in [-0.25, -0.2) is 4.39 Å². The molecule has 1 aromatic carbocycles. The number of halogens is 1. The van der Waals surface area contributed by atoms with Gasteiger partial charge in [0.15, 0.2) is 5.78 Å². The van der Waals surface area contributed by atoms with Crippen molar-refractivity contribution in [2.75, 3.05) is 0 Å². The Balaban J connectivity index is 2.71. The maximum Gasteiger partial charge on any atom is 0.163 e. The quantitative estimate of drug-likeness (QED) is 0.627. The van der Waals surface area contributed by atoms with Gasteiger partial charge in [0.05, 0.1) is 0 Å². The lowest BCUT2D eigenvalue weighted by Gasteiger charge is -2.14. The van der Waals surface area contributed by atoms with E-state index in [-0.39, 0.29) is 11.6 Å². The highest BCUT2D eigenvalue weighted by atomic mass is 19.1. The standard InChI is InChI=1S/C16H23FO/c1-4-6-7-13(5-2)10-16(18)15-11-14(17)9-8-12(15)3/h8-9,11,13H,4-7,10H2,1-3H3. The van der Waals surface area contributed by atoms with E-state index in [1.54, 1.807) is 6.07 Å². The third-order valence-electron chi connectivity index (χ3n) is 3.52. The molecule has 2 heteroatoms. The third-order valence-corrected chi connectivity index (χ3v) is 3.52. The number of ketones is 1. The van der Waals surface area contributed by atoms with Crippen LogP contribution >= 0.6 is 0 Å². The van der Waals surface area contributed by atoms with E-state index in [1.165, 1.54) is 12.1 Å². The second-order valence-electron chi connectivity index (χ2n) is 5.00. The SMILES string of the molecule is CCCCC(CC)CC(=O)c1cc(F)ccc1C. The molecule has 0 bridgehead atoms. The van der Waals surface area contributed by atoms with Gasteiger partial charge in [0, 0.05) is 12.0 Å². The zero-order chi connectivity index (χ0) is 13.5. The molecule has 0 aromatic heterocycles. The Hall–Kier alpha value is -1.18. The molecule has 100 valence electrons. The Morgan fingerprint density at radius 3 is 2.67 bits per heavy atom. The van der Waals surface area contributed by atoms with Crippen LogP contribution in [0.2, 0.25) is 0 Å². The molecule has 0 N–H and O–H groups in total. The van der Waals surface area contributed by atoms with Gasteiger partial charge in [-0.15, -0.1) is 0 Å². The van der Waals surface area contributed by atoms with Crippen molar-refractivity contribution >= 4 is 5.78 Å². The summed E-state index contributed by atoms with van der Waals surface area (Å²) in [6.45, 7) is 6.14. The van der Waals surface area contributed by atoms with Gasteiger partial charge in [-0.3, -0.25) is 4.79 Å². The van der Waals surface area contributed by atoms with E-state index in [1.807, 2.05) is 6.92 Å². The summed E-state index contributed by atoms with van der Waals surface area (Å²) in [6.07, 6.45) is 4.96. The van der Waals surface area contributed by atoms with Gasteiger partial charge < -0.3 is 0 Å². The third kappa shape index (κ3) is 4.25. The Morgan fingerprint density at radius 2 is 2.06 bits per heavy atom. The fourth-order valence-electron chi connectivity index (χ4n) is 2.21. The van der Waals surface area contributed by atoms with Crippen molar-refractivity contribution < 1.29 is 9.18 Å². The molecule has 0 saturated heterocycles. The van der Waals surface area contributed by atoms with Crippen LogP contribution in [0.5, 0.6) is 0 Å². The van der Waals surface area contributed by atoms with Crippen LogP contribution in [0.4, 0.5) is 4.39 Å². The molecular weight excluding hydrogens is 227 g/mol. The van der Waals surface area contributed by atoms with Crippen LogP contribution in [0.1, 0.15) is 61.9 Å². The molecule has 1 atom stereocenters. The average molecular weight is 250 g/mol. The average Bonchev–Trinajstić information content (AvgIpc) is 2.37. The van der Waals surface area contributed by atoms with Crippen molar-refractivity contribution in [3.8, 4) is 0 Å². The highest BCUT2D eigenvalue weighted by Crippen LogP contribution is 2.21. The number of hydrogen-bond acceptors (Lipinski definition) is 1. The van der Waals surface area contributed by atoms with Gasteiger partial charge in [0.1, 0.15) is 5.82 Å². The first-order valence-electron chi connectivity index (χ1n) is 6.87. The Labute approximate surface area is 109 Å². The molecule has 1 nitrogen and oxygen atoms in total. The summed E-state index contributed by atoms with van der Waals surface area (Å²) < 4.78 is 13.2. The molecule has 0 fully saturated rings. The summed E-state index contributed by atoms with van der Waals surface area (Å²) in [5.74, 6) is 0.181.